The van der Waals surface area contributed by atoms with Crippen LogP contribution in [0.2, 0.25) is 0 Å². The van der Waals surface area contributed by atoms with Crippen LogP contribution in [0.4, 0.5) is 4.79 Å². The molecule has 2 N–H and O–H groups in total. The monoisotopic (exact) mass is 258 g/mol. The van der Waals surface area contributed by atoms with E-state index < -0.39 is 11.6 Å². The van der Waals surface area contributed by atoms with Crippen LogP contribution in [0, 0.1) is 11.8 Å². The van der Waals surface area contributed by atoms with E-state index in [2.05, 4.69) is 10.6 Å². The number of fused-ring (bicyclic) bond motifs is 2. The van der Waals surface area contributed by atoms with Gasteiger partial charge in [-0.2, -0.15) is 11.8 Å². The van der Waals surface area contributed by atoms with E-state index in [1.165, 1.54) is 0 Å². The van der Waals surface area contributed by atoms with Crippen molar-refractivity contribution in [3.8, 4) is 0 Å². The molecule has 0 aromatic rings. The summed E-state index contributed by atoms with van der Waals surface area (Å²) in [7, 11) is 0. The van der Waals surface area contributed by atoms with E-state index in [-0.39, 0.29) is 29.0 Å². The Hall–Kier alpha value is -1.24. The number of urea groups is 1. The number of esters is 1. The summed E-state index contributed by atoms with van der Waals surface area (Å²) in [5, 5.41) is 5.02. The first-order valence-corrected chi connectivity index (χ1v) is 6.57. The summed E-state index contributed by atoms with van der Waals surface area (Å²) < 4.78 is 4.97. The summed E-state index contributed by atoms with van der Waals surface area (Å²) in [5.74, 6) is -0.399. The third-order valence-corrected chi connectivity index (χ3v) is 5.15. The lowest BCUT2D eigenvalue weighted by Gasteiger charge is -2.22. The third kappa shape index (κ3) is 1.31. The van der Waals surface area contributed by atoms with Crippen molar-refractivity contribution in [2.24, 2.45) is 11.8 Å². The highest BCUT2D eigenvalue weighted by Gasteiger charge is 2.74. The lowest BCUT2D eigenvalue weighted by Crippen LogP contribution is -2.50. The molecular weight excluding hydrogens is 246 g/mol. The highest BCUT2D eigenvalue weighted by atomic mass is 32.2. The molecule has 0 aromatic carbocycles. The average Bonchev–Trinajstić information content (AvgIpc) is 2.79. The van der Waals surface area contributed by atoms with Crippen LogP contribution < -0.4 is 10.6 Å². The van der Waals surface area contributed by atoms with Gasteiger partial charge in [0.05, 0.1) is 12.5 Å². The highest BCUT2D eigenvalue weighted by molar-refractivity contribution is 8.00. The molecule has 6 nitrogen and oxygen atoms in total. The van der Waals surface area contributed by atoms with Crippen molar-refractivity contribution in [2.45, 2.75) is 17.7 Å². The number of amides is 3. The Balaban J connectivity index is 1.80. The van der Waals surface area contributed by atoms with Gasteiger partial charge in [-0.3, -0.25) is 14.9 Å². The smallest absolute Gasteiger partial charge is 0.322 e. The fourth-order valence-electron chi connectivity index (χ4n) is 2.76. The van der Waals surface area contributed by atoms with Crippen molar-refractivity contribution in [3.05, 3.63) is 0 Å². The Morgan fingerprint density at radius 3 is 3.06 bits per heavy atom. The number of hydrogen-bond acceptors (Lipinski definition) is 5. The summed E-state index contributed by atoms with van der Waals surface area (Å²) in [6, 6.07) is -0.467. The topological polar surface area (TPSA) is 84.5 Å². The molecule has 3 amide bonds. The molecule has 1 saturated carbocycles. The summed E-state index contributed by atoms with van der Waals surface area (Å²) in [6.45, 7) is 2.09. The maximum absolute atomic E-state index is 11.8. The summed E-state index contributed by atoms with van der Waals surface area (Å²) in [4.78, 5) is 34.7. The average molecular weight is 258 g/mol. The molecule has 3 aliphatic rings. The summed E-state index contributed by atoms with van der Waals surface area (Å²) in [5.41, 5.74) is -0.885. The number of hydrogen-bond donors (Lipinski definition) is 2. The number of rotatable bonds is 2. The van der Waals surface area contributed by atoms with Gasteiger partial charge >= 0.3 is 12.0 Å². The van der Waals surface area contributed by atoms with Crippen molar-refractivity contribution in [1.29, 1.82) is 0 Å². The second kappa shape index (κ2) is 3.38. The van der Waals surface area contributed by atoms with Crippen molar-refractivity contribution >= 4 is 29.7 Å². The minimum atomic E-state index is -0.885. The molecule has 2 aliphatic heterocycles. The molecule has 92 valence electrons. The molecule has 1 spiro atoms. The Kier molecular flexibility index (Phi) is 2.16. The Labute approximate surface area is 102 Å². The first-order chi connectivity index (χ1) is 8.10. The van der Waals surface area contributed by atoms with Gasteiger partial charge in [-0.25, -0.2) is 4.79 Å². The minimum absolute atomic E-state index is 0.109. The molecule has 0 radical (unpaired) electrons. The molecule has 0 bridgehead atoms. The van der Waals surface area contributed by atoms with E-state index in [9.17, 15) is 14.4 Å². The number of ether oxygens (including phenoxy) is 1. The number of carbonyl (C=O) groups is 3. The Bertz CT molecular complexity index is 427. The first-order valence-electron chi connectivity index (χ1n) is 5.52. The van der Waals surface area contributed by atoms with E-state index in [0.717, 1.165) is 0 Å². The van der Waals surface area contributed by atoms with Crippen LogP contribution in [0.3, 0.4) is 0 Å². The molecule has 3 rings (SSSR count). The quantitative estimate of drug-likeness (QED) is 0.515. The van der Waals surface area contributed by atoms with Crippen molar-refractivity contribution in [3.63, 3.8) is 0 Å². The van der Waals surface area contributed by atoms with Crippen molar-refractivity contribution < 1.29 is 19.1 Å². The molecule has 0 aromatic heterocycles. The molecular formula is C10H12N2O4S. The van der Waals surface area contributed by atoms with Gasteiger partial charge in [0.2, 0.25) is 0 Å². The molecule has 17 heavy (non-hydrogen) atoms. The van der Waals surface area contributed by atoms with Gasteiger partial charge < -0.3 is 10.1 Å². The van der Waals surface area contributed by atoms with Crippen LogP contribution in [0.15, 0.2) is 0 Å². The third-order valence-electron chi connectivity index (χ3n) is 3.55. The van der Waals surface area contributed by atoms with Gasteiger partial charge in [-0.15, -0.1) is 0 Å². The molecule has 2 saturated heterocycles. The summed E-state index contributed by atoms with van der Waals surface area (Å²) in [6.07, 6.45) is 0. The van der Waals surface area contributed by atoms with Crippen LogP contribution in [-0.2, 0) is 14.3 Å². The standard InChI is InChI=1S/C10H12N2O4S/c1-2-16-7(13)4-5-6(4)17-3-10(5)8(14)11-9(15)12-10/h4-6H,2-3H2,1H3,(H2,11,12,14,15)/t4-,5-,6+,10+/m1/s1/i8+2. The van der Waals surface area contributed by atoms with E-state index in [1.54, 1.807) is 18.7 Å². The van der Waals surface area contributed by atoms with Gasteiger partial charge in [-0.1, -0.05) is 0 Å². The highest BCUT2D eigenvalue weighted by Crippen LogP contribution is 2.62. The molecule has 1 aliphatic carbocycles. The first kappa shape index (κ1) is 10.9. The lowest BCUT2D eigenvalue weighted by atomic mass is 10.1. The van der Waals surface area contributed by atoms with E-state index >= 15 is 0 Å². The molecule has 7 heteroatoms. The van der Waals surface area contributed by atoms with Crippen LogP contribution in [0.1, 0.15) is 6.92 Å². The maximum atomic E-state index is 11.8. The van der Waals surface area contributed by atoms with E-state index in [4.69, 9.17) is 4.74 Å². The Morgan fingerprint density at radius 2 is 2.47 bits per heavy atom. The summed E-state index contributed by atoms with van der Waals surface area (Å²) >= 11 is 1.56. The number of carbonyl (C=O) groups excluding carboxylic acids is 3. The predicted octanol–water partition coefficient (Wildman–Crippen LogP) is -0.511. The molecule has 4 atom stereocenters. The lowest BCUT2D eigenvalue weighted by molar-refractivity contribution is -0.145. The van der Waals surface area contributed by atoms with E-state index in [1.807, 2.05) is 0 Å². The zero-order valence-electron chi connectivity index (χ0n) is 9.19. The molecule has 3 fully saturated rings. The van der Waals surface area contributed by atoms with Gasteiger partial charge in [0, 0.05) is 16.9 Å². The van der Waals surface area contributed by atoms with Gasteiger partial charge in [0.15, 0.2) is 0 Å². The predicted molar refractivity (Wildman–Crippen MR) is 59.3 cm³/mol. The van der Waals surface area contributed by atoms with Crippen LogP contribution in [-0.4, -0.2) is 41.1 Å². The van der Waals surface area contributed by atoms with Crippen LogP contribution in [0.25, 0.3) is 0 Å². The Morgan fingerprint density at radius 1 is 1.71 bits per heavy atom. The van der Waals surface area contributed by atoms with E-state index in [0.29, 0.717) is 12.4 Å². The zero-order chi connectivity index (χ0) is 12.2. The fourth-order valence-corrected chi connectivity index (χ4v) is 4.62. The SMILES string of the molecule is CCOC(=O)[C@H]1[C@@H]2SC[C@]3(NC(=O)N[14C]3=O)[C@@H]21. The van der Waals surface area contributed by atoms with Gasteiger partial charge in [0.25, 0.3) is 5.91 Å². The minimum Gasteiger partial charge on any atom is -0.466 e. The van der Waals surface area contributed by atoms with Crippen molar-refractivity contribution in [2.75, 3.05) is 12.4 Å². The largest absolute Gasteiger partial charge is 0.466 e. The number of thioether (sulfide) groups is 1. The number of imide groups is 1. The van der Waals surface area contributed by atoms with Gasteiger partial charge in [-0.05, 0) is 6.92 Å². The zero-order valence-corrected chi connectivity index (χ0v) is 10.0. The van der Waals surface area contributed by atoms with Crippen LogP contribution >= 0.6 is 11.8 Å². The molecule has 2 heterocycles. The number of nitrogens with one attached hydrogen (secondary N) is 2. The fraction of sp³-hybridized carbons (Fsp3) is 0.700. The van der Waals surface area contributed by atoms with Gasteiger partial charge in [0.1, 0.15) is 5.54 Å². The van der Waals surface area contributed by atoms with Crippen molar-refractivity contribution in [1.82, 2.24) is 10.6 Å². The normalized spacial score (nSPS) is 42.1. The molecule has 0 unspecified atom stereocenters. The second-order valence-corrected chi connectivity index (χ2v) is 5.63. The second-order valence-electron chi connectivity index (χ2n) is 4.46. The maximum Gasteiger partial charge on any atom is 0.322 e. The van der Waals surface area contributed by atoms with Crippen LogP contribution in [0.5, 0.6) is 0 Å².